The number of amides is 2. The molecule has 0 radical (unpaired) electrons. The third kappa shape index (κ3) is 6.44. The second-order valence-electron chi connectivity index (χ2n) is 8.41. The number of benzene rings is 3. The van der Waals surface area contributed by atoms with Crippen molar-refractivity contribution < 1.29 is 27.5 Å². The number of ether oxygens (including phenoxy) is 2. The van der Waals surface area contributed by atoms with Gasteiger partial charge < -0.3 is 19.7 Å². The molecule has 1 N–H and O–H groups in total. The quantitative estimate of drug-likeness (QED) is 0.378. The van der Waals surface area contributed by atoms with Crippen LogP contribution >= 0.6 is 0 Å². The molecule has 0 saturated carbocycles. The van der Waals surface area contributed by atoms with Gasteiger partial charge in [-0.05, 0) is 48.4 Å². The van der Waals surface area contributed by atoms with Gasteiger partial charge in [0.2, 0.25) is 11.8 Å². The number of nitrogens with zero attached hydrogens (tertiary/aromatic N) is 2. The molecule has 2 amide bonds. The Bertz CT molecular complexity index is 1350. The maximum Gasteiger partial charge on any atom is 0.264 e. The molecule has 3 aromatic carbocycles. The minimum Gasteiger partial charge on any atom is -0.497 e. The molecule has 0 aliphatic carbocycles. The lowest BCUT2D eigenvalue weighted by molar-refractivity contribution is -0.140. The Balaban J connectivity index is 2.09. The third-order valence-corrected chi connectivity index (χ3v) is 7.86. The number of hydrogen-bond donors (Lipinski definition) is 1. The van der Waals surface area contributed by atoms with E-state index in [1.807, 2.05) is 6.07 Å². The molecule has 3 rings (SSSR count). The van der Waals surface area contributed by atoms with Crippen molar-refractivity contribution in [1.82, 2.24) is 10.2 Å². The van der Waals surface area contributed by atoms with E-state index in [0.717, 1.165) is 9.87 Å². The van der Waals surface area contributed by atoms with E-state index in [0.29, 0.717) is 12.2 Å². The summed E-state index contributed by atoms with van der Waals surface area (Å²) in [5.74, 6) is -0.00474. The molecule has 38 heavy (non-hydrogen) atoms. The number of sulfonamides is 1. The lowest BCUT2D eigenvalue weighted by Crippen LogP contribution is -2.51. The number of hydrogen-bond acceptors (Lipinski definition) is 6. The smallest absolute Gasteiger partial charge is 0.264 e. The average Bonchev–Trinajstić information content (AvgIpc) is 2.95. The van der Waals surface area contributed by atoms with Gasteiger partial charge in [-0.25, -0.2) is 8.42 Å². The summed E-state index contributed by atoms with van der Waals surface area (Å²) in [6.07, 6.45) is 0.329. The highest BCUT2D eigenvalue weighted by Crippen LogP contribution is 2.32. The fraction of sp³-hybridized carbons (Fsp3) is 0.286. The Morgan fingerprint density at radius 2 is 1.61 bits per heavy atom. The first-order chi connectivity index (χ1) is 18.3. The molecule has 0 bridgehead atoms. The van der Waals surface area contributed by atoms with Crippen LogP contribution in [0, 0.1) is 0 Å². The van der Waals surface area contributed by atoms with Gasteiger partial charge in [-0.15, -0.1) is 0 Å². The topological polar surface area (TPSA) is 105 Å². The maximum absolute atomic E-state index is 14.0. The van der Waals surface area contributed by atoms with Gasteiger partial charge in [0.15, 0.2) is 0 Å². The van der Waals surface area contributed by atoms with Crippen molar-refractivity contribution in [3.05, 3.63) is 84.4 Å². The molecular formula is C28H33N3O6S. The van der Waals surface area contributed by atoms with E-state index in [9.17, 15) is 18.0 Å². The number of para-hydroxylation sites is 2. The number of likely N-dealkylation sites (N-methyl/N-ethyl adjacent to an activating group) is 1. The Labute approximate surface area is 224 Å². The molecule has 0 spiro atoms. The first-order valence-electron chi connectivity index (χ1n) is 12.1. The summed E-state index contributed by atoms with van der Waals surface area (Å²) in [5, 5.41) is 2.61. The van der Waals surface area contributed by atoms with Crippen LogP contribution in [-0.4, -0.2) is 59.0 Å². The lowest BCUT2D eigenvalue weighted by atomic mass is 10.1. The molecule has 3 aromatic rings. The van der Waals surface area contributed by atoms with Crippen molar-refractivity contribution in [2.45, 2.75) is 30.8 Å². The van der Waals surface area contributed by atoms with Crippen molar-refractivity contribution in [1.29, 1.82) is 0 Å². The second-order valence-corrected chi connectivity index (χ2v) is 10.3. The summed E-state index contributed by atoms with van der Waals surface area (Å²) in [5.41, 5.74) is 0.941. The molecule has 0 unspecified atom stereocenters. The minimum atomic E-state index is -4.17. The Hall–Kier alpha value is -4.05. The van der Waals surface area contributed by atoms with Crippen molar-refractivity contribution in [2.75, 3.05) is 32.1 Å². The molecule has 0 aliphatic heterocycles. The predicted octanol–water partition coefficient (Wildman–Crippen LogP) is 3.45. The number of nitrogens with one attached hydrogen (secondary N) is 1. The second kappa shape index (κ2) is 13.0. The molecule has 1 atom stereocenters. The summed E-state index contributed by atoms with van der Waals surface area (Å²) >= 11 is 0. The van der Waals surface area contributed by atoms with Gasteiger partial charge in [-0.3, -0.25) is 13.9 Å². The van der Waals surface area contributed by atoms with Gasteiger partial charge in [0.05, 0.1) is 24.8 Å². The lowest BCUT2D eigenvalue weighted by Gasteiger charge is -2.33. The monoisotopic (exact) mass is 539 g/mol. The molecule has 0 fully saturated rings. The summed E-state index contributed by atoms with van der Waals surface area (Å²) in [6, 6.07) is 20.8. The summed E-state index contributed by atoms with van der Waals surface area (Å²) in [7, 11) is 0.303. The van der Waals surface area contributed by atoms with Crippen LogP contribution in [0.1, 0.15) is 18.9 Å². The van der Waals surface area contributed by atoms with Crippen LogP contribution in [-0.2, 0) is 26.2 Å². The first-order valence-corrected chi connectivity index (χ1v) is 13.6. The van der Waals surface area contributed by atoms with Crippen LogP contribution in [0.5, 0.6) is 11.5 Å². The number of carbonyl (C=O) groups is 2. The summed E-state index contributed by atoms with van der Waals surface area (Å²) in [6.45, 7) is 1.33. The summed E-state index contributed by atoms with van der Waals surface area (Å²) in [4.78, 5) is 28.2. The van der Waals surface area contributed by atoms with Crippen molar-refractivity contribution in [3.8, 4) is 11.5 Å². The number of rotatable bonds is 12. The Kier molecular flexibility index (Phi) is 9.72. The normalized spacial score (nSPS) is 11.8. The van der Waals surface area contributed by atoms with Crippen molar-refractivity contribution in [2.24, 2.45) is 0 Å². The van der Waals surface area contributed by atoms with Crippen LogP contribution in [0.25, 0.3) is 0 Å². The standard InChI is InChI=1S/C28H33N3O6S/c1-5-24(28(33)29-2)30(19-21-12-11-13-22(18-21)36-3)27(32)20-31(25-16-9-10-17-26(25)37-4)38(34,35)23-14-7-6-8-15-23/h6-18,24H,5,19-20H2,1-4H3,(H,29,33)/t24-/m1/s1. The van der Waals surface area contributed by atoms with E-state index in [4.69, 9.17) is 9.47 Å². The van der Waals surface area contributed by atoms with Gasteiger partial charge in [-0.2, -0.15) is 0 Å². The maximum atomic E-state index is 14.0. The van der Waals surface area contributed by atoms with Crippen LogP contribution in [0.3, 0.4) is 0 Å². The number of anilines is 1. The van der Waals surface area contributed by atoms with Crippen molar-refractivity contribution in [3.63, 3.8) is 0 Å². The fourth-order valence-corrected chi connectivity index (χ4v) is 5.57. The molecule has 9 nitrogen and oxygen atoms in total. The molecule has 202 valence electrons. The van der Waals surface area contributed by atoms with Gasteiger partial charge in [-0.1, -0.05) is 49.4 Å². The highest BCUT2D eigenvalue weighted by atomic mass is 32.2. The van der Waals surface area contributed by atoms with E-state index in [1.165, 1.54) is 31.2 Å². The van der Waals surface area contributed by atoms with Gasteiger partial charge in [0.1, 0.15) is 24.1 Å². The highest BCUT2D eigenvalue weighted by Gasteiger charge is 2.34. The zero-order chi connectivity index (χ0) is 27.7. The van der Waals surface area contributed by atoms with Crippen LogP contribution in [0.2, 0.25) is 0 Å². The van der Waals surface area contributed by atoms with Gasteiger partial charge in [0.25, 0.3) is 10.0 Å². The Morgan fingerprint density at radius 1 is 0.921 bits per heavy atom. The van der Waals surface area contributed by atoms with E-state index in [1.54, 1.807) is 74.7 Å². The fourth-order valence-electron chi connectivity index (χ4n) is 4.12. The van der Waals surface area contributed by atoms with E-state index in [2.05, 4.69) is 5.32 Å². The number of methoxy groups -OCH3 is 2. The van der Waals surface area contributed by atoms with E-state index in [-0.39, 0.29) is 28.8 Å². The zero-order valence-electron chi connectivity index (χ0n) is 22.0. The molecule has 0 saturated heterocycles. The molecular weight excluding hydrogens is 506 g/mol. The van der Waals surface area contributed by atoms with Gasteiger partial charge >= 0.3 is 0 Å². The zero-order valence-corrected chi connectivity index (χ0v) is 22.8. The van der Waals surface area contributed by atoms with E-state index < -0.39 is 28.5 Å². The van der Waals surface area contributed by atoms with Crippen LogP contribution in [0.15, 0.2) is 83.8 Å². The van der Waals surface area contributed by atoms with Crippen molar-refractivity contribution >= 4 is 27.5 Å². The van der Waals surface area contributed by atoms with Crippen LogP contribution in [0.4, 0.5) is 5.69 Å². The number of carbonyl (C=O) groups excluding carboxylic acids is 2. The molecule has 10 heteroatoms. The minimum absolute atomic E-state index is 0.0244. The average molecular weight is 540 g/mol. The highest BCUT2D eigenvalue weighted by molar-refractivity contribution is 7.92. The van der Waals surface area contributed by atoms with E-state index >= 15 is 0 Å². The van der Waals surface area contributed by atoms with Crippen LogP contribution < -0.4 is 19.1 Å². The SMILES string of the molecule is CC[C@H](C(=O)NC)N(Cc1cccc(OC)c1)C(=O)CN(c1ccccc1OC)S(=O)(=O)c1ccccc1. The first kappa shape index (κ1) is 28.5. The summed E-state index contributed by atoms with van der Waals surface area (Å²) < 4.78 is 39.4. The largest absolute Gasteiger partial charge is 0.497 e. The molecule has 0 aromatic heterocycles. The molecule has 0 heterocycles. The molecule has 0 aliphatic rings. The van der Waals surface area contributed by atoms with Gasteiger partial charge in [0, 0.05) is 13.6 Å². The Morgan fingerprint density at radius 3 is 2.24 bits per heavy atom. The third-order valence-electron chi connectivity index (χ3n) is 6.08. The predicted molar refractivity (Wildman–Crippen MR) is 146 cm³/mol.